The van der Waals surface area contributed by atoms with Crippen molar-refractivity contribution in [1.82, 2.24) is 4.90 Å². The maximum Gasteiger partial charge on any atom is 0.409 e. The lowest BCUT2D eigenvalue weighted by molar-refractivity contribution is 0.109. The van der Waals surface area contributed by atoms with Crippen LogP contribution < -0.4 is 0 Å². The average Bonchev–Trinajstić information content (AvgIpc) is 2.86. The fourth-order valence-electron chi connectivity index (χ4n) is 3.18. The first-order valence-corrected chi connectivity index (χ1v) is 8.33. The molecule has 0 saturated heterocycles. The molecule has 0 fully saturated rings. The van der Waals surface area contributed by atoms with Crippen LogP contribution >= 0.6 is 12.6 Å². The minimum atomic E-state index is -0.298. The molecule has 0 spiro atoms. The van der Waals surface area contributed by atoms with Gasteiger partial charge in [0.05, 0.1) is 0 Å². The normalized spacial score (nSPS) is 14.0. The molecule has 0 unspecified atom stereocenters. The Kier molecular flexibility index (Phi) is 4.62. The van der Waals surface area contributed by atoms with Gasteiger partial charge >= 0.3 is 6.09 Å². The summed E-state index contributed by atoms with van der Waals surface area (Å²) in [6.45, 7) is 2.88. The summed E-state index contributed by atoms with van der Waals surface area (Å²) in [4.78, 5) is 13.7. The van der Waals surface area contributed by atoms with Crippen LogP contribution in [0, 0.1) is 0 Å². The zero-order chi connectivity index (χ0) is 16.4. The van der Waals surface area contributed by atoms with Gasteiger partial charge in [0.1, 0.15) is 6.61 Å². The van der Waals surface area contributed by atoms with Gasteiger partial charge in [0.2, 0.25) is 0 Å². The topological polar surface area (TPSA) is 29.5 Å². The van der Waals surface area contributed by atoms with Gasteiger partial charge in [-0.05, 0) is 22.3 Å². The predicted octanol–water partition coefficient (Wildman–Crippen LogP) is 4.19. The van der Waals surface area contributed by atoms with Gasteiger partial charge < -0.3 is 9.64 Å². The smallest absolute Gasteiger partial charge is 0.409 e. The molecule has 0 bridgehead atoms. The van der Waals surface area contributed by atoms with Crippen molar-refractivity contribution in [2.24, 2.45) is 0 Å². The molecular formula is C19H21NO2S. The summed E-state index contributed by atoms with van der Waals surface area (Å²) in [5.74, 6) is 0.105. The van der Waals surface area contributed by atoms with Gasteiger partial charge in [-0.1, -0.05) is 55.5 Å². The highest BCUT2D eigenvalue weighted by Crippen LogP contribution is 2.44. The van der Waals surface area contributed by atoms with Crippen molar-refractivity contribution in [3.8, 4) is 11.1 Å². The van der Waals surface area contributed by atoms with Gasteiger partial charge in [0, 0.05) is 24.8 Å². The molecule has 0 radical (unpaired) electrons. The van der Waals surface area contributed by atoms with Crippen LogP contribution in [-0.2, 0) is 4.74 Å². The van der Waals surface area contributed by atoms with Crippen LogP contribution in [0.15, 0.2) is 48.5 Å². The van der Waals surface area contributed by atoms with Crippen molar-refractivity contribution in [1.29, 1.82) is 0 Å². The SMILES string of the molecule is C[C@H](S)CN(C)C(=O)OCC1c2ccccc2-c2ccccc21. The molecule has 2 aromatic carbocycles. The number of rotatable bonds is 4. The summed E-state index contributed by atoms with van der Waals surface area (Å²) in [5, 5.41) is 0.125. The van der Waals surface area contributed by atoms with Crippen molar-refractivity contribution in [2.75, 3.05) is 20.2 Å². The number of ether oxygens (including phenoxy) is 1. The number of thiol groups is 1. The number of benzene rings is 2. The number of carbonyl (C=O) groups excluding carboxylic acids is 1. The zero-order valence-corrected chi connectivity index (χ0v) is 14.3. The summed E-state index contributed by atoms with van der Waals surface area (Å²) in [5.41, 5.74) is 4.93. The van der Waals surface area contributed by atoms with Gasteiger partial charge in [0.25, 0.3) is 0 Å². The summed E-state index contributed by atoms with van der Waals surface area (Å²) < 4.78 is 5.56. The number of carbonyl (C=O) groups is 1. The molecule has 23 heavy (non-hydrogen) atoms. The predicted molar refractivity (Wildman–Crippen MR) is 96.1 cm³/mol. The van der Waals surface area contributed by atoms with Crippen molar-refractivity contribution < 1.29 is 9.53 Å². The molecule has 120 valence electrons. The number of hydrogen-bond donors (Lipinski definition) is 1. The minimum Gasteiger partial charge on any atom is -0.448 e. The molecule has 4 heteroatoms. The molecule has 3 rings (SSSR count). The van der Waals surface area contributed by atoms with E-state index >= 15 is 0 Å². The fraction of sp³-hybridized carbons (Fsp3) is 0.316. The Morgan fingerprint density at radius 2 is 1.65 bits per heavy atom. The Morgan fingerprint density at radius 1 is 1.13 bits per heavy atom. The second kappa shape index (κ2) is 6.67. The molecule has 0 aromatic heterocycles. The van der Waals surface area contributed by atoms with Crippen LogP contribution in [0.1, 0.15) is 24.0 Å². The van der Waals surface area contributed by atoms with Gasteiger partial charge in [-0.25, -0.2) is 4.79 Å². The van der Waals surface area contributed by atoms with Crippen LogP contribution in [0.2, 0.25) is 0 Å². The van der Waals surface area contributed by atoms with Gasteiger partial charge in [-0.3, -0.25) is 0 Å². The molecule has 2 aromatic rings. The van der Waals surface area contributed by atoms with E-state index in [1.165, 1.54) is 22.3 Å². The van der Waals surface area contributed by atoms with Crippen LogP contribution in [0.3, 0.4) is 0 Å². The van der Waals surface area contributed by atoms with Gasteiger partial charge in [-0.15, -0.1) is 0 Å². The van der Waals surface area contributed by atoms with Crippen LogP contribution in [-0.4, -0.2) is 36.4 Å². The highest BCUT2D eigenvalue weighted by Gasteiger charge is 2.29. The number of nitrogens with zero attached hydrogens (tertiary/aromatic N) is 1. The molecule has 1 aliphatic rings. The summed E-state index contributed by atoms with van der Waals surface area (Å²) in [6.07, 6.45) is -0.298. The highest BCUT2D eigenvalue weighted by atomic mass is 32.1. The molecular weight excluding hydrogens is 306 g/mol. The van der Waals surface area contributed by atoms with Crippen molar-refractivity contribution in [3.63, 3.8) is 0 Å². The third-order valence-electron chi connectivity index (χ3n) is 4.19. The number of amides is 1. The van der Waals surface area contributed by atoms with E-state index in [2.05, 4.69) is 36.9 Å². The summed E-state index contributed by atoms with van der Waals surface area (Å²) in [7, 11) is 1.74. The summed E-state index contributed by atoms with van der Waals surface area (Å²) >= 11 is 4.31. The third-order valence-corrected chi connectivity index (χ3v) is 4.35. The molecule has 0 aliphatic heterocycles. The Balaban J connectivity index is 1.77. The second-order valence-electron chi connectivity index (χ2n) is 6.03. The van der Waals surface area contributed by atoms with Crippen molar-refractivity contribution in [2.45, 2.75) is 18.1 Å². The van der Waals surface area contributed by atoms with E-state index in [0.29, 0.717) is 13.2 Å². The lowest BCUT2D eigenvalue weighted by Crippen LogP contribution is -2.32. The standard InChI is InChI=1S/C19H21NO2S/c1-13(23)11-20(2)19(21)22-12-18-16-9-5-3-7-14(16)15-8-4-6-10-17(15)18/h3-10,13,18,23H,11-12H2,1-2H3/t13-/m0/s1. The molecule has 3 nitrogen and oxygen atoms in total. The first-order chi connectivity index (χ1) is 11.1. The van der Waals surface area contributed by atoms with Crippen LogP contribution in [0.25, 0.3) is 11.1 Å². The second-order valence-corrected chi connectivity index (χ2v) is 6.92. The third kappa shape index (κ3) is 3.22. The molecule has 0 saturated carbocycles. The quantitative estimate of drug-likeness (QED) is 0.854. The van der Waals surface area contributed by atoms with Crippen LogP contribution in [0.5, 0.6) is 0 Å². The maximum absolute atomic E-state index is 12.1. The lowest BCUT2D eigenvalue weighted by Gasteiger charge is -2.20. The van der Waals surface area contributed by atoms with Crippen molar-refractivity contribution >= 4 is 18.7 Å². The monoisotopic (exact) mass is 327 g/mol. The first kappa shape index (κ1) is 15.9. The Labute approximate surface area is 142 Å². The Hall–Kier alpha value is -1.94. The molecule has 1 aliphatic carbocycles. The molecule has 1 atom stereocenters. The molecule has 0 N–H and O–H groups in total. The van der Waals surface area contributed by atoms with Gasteiger partial charge in [-0.2, -0.15) is 12.6 Å². The maximum atomic E-state index is 12.1. The van der Waals surface area contributed by atoms with Crippen LogP contribution in [0.4, 0.5) is 4.79 Å². The van der Waals surface area contributed by atoms with E-state index in [0.717, 1.165) is 0 Å². The average molecular weight is 327 g/mol. The van der Waals surface area contributed by atoms with E-state index in [9.17, 15) is 4.79 Å². The van der Waals surface area contributed by atoms with Gasteiger partial charge in [0.15, 0.2) is 0 Å². The summed E-state index contributed by atoms with van der Waals surface area (Å²) in [6, 6.07) is 16.7. The first-order valence-electron chi connectivity index (χ1n) is 7.82. The number of hydrogen-bond acceptors (Lipinski definition) is 3. The zero-order valence-electron chi connectivity index (χ0n) is 13.4. The van der Waals surface area contributed by atoms with E-state index in [1.54, 1.807) is 11.9 Å². The lowest BCUT2D eigenvalue weighted by atomic mass is 9.98. The molecule has 0 heterocycles. The van der Waals surface area contributed by atoms with E-state index in [-0.39, 0.29) is 17.3 Å². The van der Waals surface area contributed by atoms with E-state index in [1.807, 2.05) is 31.2 Å². The Bertz CT molecular complexity index is 669. The highest BCUT2D eigenvalue weighted by molar-refractivity contribution is 7.80. The van der Waals surface area contributed by atoms with E-state index in [4.69, 9.17) is 4.74 Å². The Morgan fingerprint density at radius 3 is 2.17 bits per heavy atom. The molecule has 1 amide bonds. The van der Waals surface area contributed by atoms with E-state index < -0.39 is 0 Å². The largest absolute Gasteiger partial charge is 0.448 e. The fourth-order valence-corrected chi connectivity index (χ4v) is 3.42. The minimum absolute atomic E-state index is 0.105. The van der Waals surface area contributed by atoms with Crippen molar-refractivity contribution in [3.05, 3.63) is 59.7 Å². The number of fused-ring (bicyclic) bond motifs is 3.